The minimum absolute atomic E-state index is 0.00691. The summed E-state index contributed by atoms with van der Waals surface area (Å²) in [5.41, 5.74) is 3.33. The van der Waals surface area contributed by atoms with Crippen molar-refractivity contribution >= 4 is 34.8 Å². The topological polar surface area (TPSA) is 81.8 Å². The van der Waals surface area contributed by atoms with E-state index < -0.39 is 0 Å². The fraction of sp³-hybridized carbons (Fsp3) is 0.276. The Morgan fingerprint density at radius 3 is 2.22 bits per heavy atom. The second kappa shape index (κ2) is 12.0. The van der Waals surface area contributed by atoms with Crippen LogP contribution < -0.4 is 15.5 Å². The lowest BCUT2D eigenvalue weighted by atomic mass is 10.1. The number of amides is 3. The van der Waals surface area contributed by atoms with Gasteiger partial charge < -0.3 is 20.4 Å². The molecule has 0 bridgehead atoms. The first kappa shape index (κ1) is 25.0. The summed E-state index contributed by atoms with van der Waals surface area (Å²) in [7, 11) is 0. The van der Waals surface area contributed by atoms with Gasteiger partial charge in [-0.25, -0.2) is 0 Å². The smallest absolute Gasteiger partial charge is 0.258 e. The third kappa shape index (κ3) is 6.30. The highest BCUT2D eigenvalue weighted by Gasteiger charge is 2.19. The summed E-state index contributed by atoms with van der Waals surface area (Å²) in [4.78, 5) is 41.8. The van der Waals surface area contributed by atoms with Gasteiger partial charge in [-0.05, 0) is 80.8 Å². The number of carbonyl (C=O) groups excluding carboxylic acids is 3. The predicted molar refractivity (Wildman–Crippen MR) is 144 cm³/mol. The van der Waals surface area contributed by atoms with Crippen LogP contribution in [-0.2, 0) is 4.79 Å². The average Bonchev–Trinajstić information content (AvgIpc) is 2.93. The molecule has 2 N–H and O–H groups in total. The van der Waals surface area contributed by atoms with Crippen LogP contribution in [-0.4, -0.2) is 48.8 Å². The lowest BCUT2D eigenvalue weighted by Gasteiger charge is -2.26. The van der Waals surface area contributed by atoms with Crippen molar-refractivity contribution in [3.05, 3.63) is 90.0 Å². The van der Waals surface area contributed by atoms with E-state index in [4.69, 9.17) is 0 Å². The Hall–Kier alpha value is -4.13. The third-order valence-corrected chi connectivity index (χ3v) is 6.25. The van der Waals surface area contributed by atoms with Gasteiger partial charge >= 0.3 is 0 Å². The molecule has 7 heteroatoms. The number of benzene rings is 3. The molecular weight excluding hydrogens is 452 g/mol. The Kier molecular flexibility index (Phi) is 8.34. The Balaban J connectivity index is 1.31. The van der Waals surface area contributed by atoms with Crippen LogP contribution >= 0.6 is 0 Å². The number of anilines is 3. The van der Waals surface area contributed by atoms with Crippen LogP contribution in [0.1, 0.15) is 46.9 Å². The minimum atomic E-state index is -0.223. The summed E-state index contributed by atoms with van der Waals surface area (Å²) >= 11 is 0. The lowest BCUT2D eigenvalue weighted by Crippen LogP contribution is -2.35. The number of hydrogen-bond acceptors (Lipinski definition) is 4. The van der Waals surface area contributed by atoms with Crippen molar-refractivity contribution in [2.24, 2.45) is 0 Å². The SMILES string of the molecule is CCN(C(=O)c1ccc(NCC(=O)Nc2cccc(C(=O)N3CCCCC3)c2)cc1)c1ccccc1. The first-order valence-electron chi connectivity index (χ1n) is 12.4. The van der Waals surface area contributed by atoms with Crippen LogP contribution in [0, 0.1) is 0 Å². The van der Waals surface area contributed by atoms with Gasteiger partial charge in [0.2, 0.25) is 5.91 Å². The second-order valence-electron chi connectivity index (χ2n) is 8.80. The summed E-state index contributed by atoms with van der Waals surface area (Å²) < 4.78 is 0. The molecule has 1 aliphatic heterocycles. The number of likely N-dealkylation sites (tertiary alicyclic amines) is 1. The quantitative estimate of drug-likeness (QED) is 0.470. The molecule has 0 saturated carbocycles. The van der Waals surface area contributed by atoms with Gasteiger partial charge in [-0.2, -0.15) is 0 Å². The molecule has 7 nitrogen and oxygen atoms in total. The van der Waals surface area contributed by atoms with E-state index in [9.17, 15) is 14.4 Å². The number of hydrogen-bond donors (Lipinski definition) is 2. The summed E-state index contributed by atoms with van der Waals surface area (Å²) in [6, 6.07) is 23.7. The number of para-hydroxylation sites is 1. The van der Waals surface area contributed by atoms with Crippen LogP contribution in [0.5, 0.6) is 0 Å². The molecule has 0 aliphatic carbocycles. The molecule has 1 saturated heterocycles. The van der Waals surface area contributed by atoms with E-state index in [1.165, 1.54) is 0 Å². The number of piperidine rings is 1. The lowest BCUT2D eigenvalue weighted by molar-refractivity contribution is -0.114. The van der Waals surface area contributed by atoms with Gasteiger partial charge in [0.1, 0.15) is 0 Å². The predicted octanol–water partition coefficient (Wildman–Crippen LogP) is 5.03. The zero-order chi connectivity index (χ0) is 25.3. The van der Waals surface area contributed by atoms with Crippen molar-refractivity contribution < 1.29 is 14.4 Å². The molecule has 3 amide bonds. The Morgan fingerprint density at radius 2 is 1.53 bits per heavy atom. The van der Waals surface area contributed by atoms with Gasteiger partial charge in [0, 0.05) is 47.8 Å². The normalized spacial score (nSPS) is 13.1. The monoisotopic (exact) mass is 484 g/mol. The molecule has 4 rings (SSSR count). The van der Waals surface area contributed by atoms with Crippen LogP contribution in [0.25, 0.3) is 0 Å². The Bertz CT molecular complexity index is 1190. The summed E-state index contributed by atoms with van der Waals surface area (Å²) in [5, 5.41) is 5.93. The Morgan fingerprint density at radius 1 is 0.806 bits per heavy atom. The molecule has 0 atom stereocenters. The van der Waals surface area contributed by atoms with E-state index in [0.717, 1.165) is 43.7 Å². The Labute approximate surface area is 212 Å². The molecule has 0 spiro atoms. The molecule has 186 valence electrons. The zero-order valence-corrected chi connectivity index (χ0v) is 20.6. The fourth-order valence-corrected chi connectivity index (χ4v) is 4.33. The first-order chi connectivity index (χ1) is 17.5. The highest BCUT2D eigenvalue weighted by molar-refractivity contribution is 6.06. The van der Waals surface area contributed by atoms with Crippen molar-refractivity contribution in [1.82, 2.24) is 4.90 Å². The number of rotatable bonds is 8. The van der Waals surface area contributed by atoms with Crippen molar-refractivity contribution in [2.75, 3.05) is 41.7 Å². The summed E-state index contributed by atoms with van der Waals surface area (Å²) in [6.07, 6.45) is 3.23. The highest BCUT2D eigenvalue weighted by Crippen LogP contribution is 2.19. The number of nitrogens with zero attached hydrogens (tertiary/aromatic N) is 2. The number of nitrogens with one attached hydrogen (secondary N) is 2. The summed E-state index contributed by atoms with van der Waals surface area (Å²) in [5.74, 6) is -0.293. The van der Waals surface area contributed by atoms with Gasteiger partial charge in [-0.3, -0.25) is 14.4 Å². The molecule has 0 radical (unpaired) electrons. The highest BCUT2D eigenvalue weighted by atomic mass is 16.2. The molecule has 1 aliphatic rings. The zero-order valence-electron chi connectivity index (χ0n) is 20.6. The minimum Gasteiger partial charge on any atom is -0.376 e. The van der Waals surface area contributed by atoms with E-state index in [2.05, 4.69) is 10.6 Å². The van der Waals surface area contributed by atoms with E-state index in [1.807, 2.05) is 42.2 Å². The van der Waals surface area contributed by atoms with Crippen LogP contribution in [0.4, 0.5) is 17.1 Å². The van der Waals surface area contributed by atoms with Gasteiger partial charge in [0.25, 0.3) is 11.8 Å². The molecule has 0 unspecified atom stereocenters. The van der Waals surface area contributed by atoms with Crippen molar-refractivity contribution in [3.63, 3.8) is 0 Å². The van der Waals surface area contributed by atoms with Gasteiger partial charge in [0.05, 0.1) is 6.54 Å². The summed E-state index contributed by atoms with van der Waals surface area (Å²) in [6.45, 7) is 4.13. The third-order valence-electron chi connectivity index (χ3n) is 6.25. The standard InChI is InChI=1S/C29H32N4O3/c1-2-33(26-12-5-3-6-13-26)29(36)22-14-16-24(17-15-22)30-21-27(34)31-25-11-9-10-23(20-25)28(35)32-18-7-4-8-19-32/h3,5-6,9-17,20,30H,2,4,7-8,18-19,21H2,1H3,(H,31,34). The molecule has 3 aromatic rings. The van der Waals surface area contributed by atoms with Crippen molar-refractivity contribution in [1.29, 1.82) is 0 Å². The fourth-order valence-electron chi connectivity index (χ4n) is 4.33. The maximum atomic E-state index is 12.9. The maximum absolute atomic E-state index is 12.9. The van der Waals surface area contributed by atoms with Gasteiger partial charge in [-0.15, -0.1) is 0 Å². The van der Waals surface area contributed by atoms with E-state index in [-0.39, 0.29) is 24.3 Å². The van der Waals surface area contributed by atoms with Crippen molar-refractivity contribution in [3.8, 4) is 0 Å². The van der Waals surface area contributed by atoms with E-state index in [0.29, 0.717) is 23.4 Å². The molecule has 0 aromatic heterocycles. The molecule has 1 fully saturated rings. The first-order valence-corrected chi connectivity index (χ1v) is 12.4. The second-order valence-corrected chi connectivity index (χ2v) is 8.80. The average molecular weight is 485 g/mol. The van der Waals surface area contributed by atoms with Crippen molar-refractivity contribution in [2.45, 2.75) is 26.2 Å². The molecule has 1 heterocycles. The molecule has 36 heavy (non-hydrogen) atoms. The molecule has 3 aromatic carbocycles. The maximum Gasteiger partial charge on any atom is 0.258 e. The van der Waals surface area contributed by atoms with Crippen LogP contribution in [0.2, 0.25) is 0 Å². The number of carbonyl (C=O) groups is 3. The van der Waals surface area contributed by atoms with E-state index in [1.54, 1.807) is 53.4 Å². The van der Waals surface area contributed by atoms with Crippen LogP contribution in [0.15, 0.2) is 78.9 Å². The molecular formula is C29H32N4O3. The van der Waals surface area contributed by atoms with Gasteiger partial charge in [0.15, 0.2) is 0 Å². The van der Waals surface area contributed by atoms with Gasteiger partial charge in [-0.1, -0.05) is 24.3 Å². The van der Waals surface area contributed by atoms with Crippen LogP contribution in [0.3, 0.4) is 0 Å². The van der Waals surface area contributed by atoms with E-state index >= 15 is 0 Å². The largest absolute Gasteiger partial charge is 0.376 e.